The molecular weight excluding hydrogens is 593 g/mol. The Balaban J connectivity index is 1.59. The summed E-state index contributed by atoms with van der Waals surface area (Å²) in [5, 5.41) is 12.7. The number of likely N-dealkylation sites (N-methyl/N-ethyl adjacent to an activating group) is 1. The predicted molar refractivity (Wildman–Crippen MR) is 161 cm³/mol. The van der Waals surface area contributed by atoms with E-state index in [9.17, 15) is 23.8 Å². The Morgan fingerprint density at radius 3 is 2.34 bits per heavy atom. The molecule has 1 unspecified atom stereocenters. The Labute approximate surface area is 256 Å². The standard InChI is InChI=1S/C28H40N7O8P/c1-3-4-18-42-44(40,41)20-23(27(37)34-14-16-35(17-15-34)43-28(38)39)30-26(36)22-19-24(33-12-10-32(2)11-13-33)31-25(29-22)21-8-6-5-7-9-21/h5-9,19,23H,3-4,10-18,20H2,1-2H3,(H,30,36)(H,38,39)(H,40,41)/t23-/m0/s1. The molecule has 2 aromatic rings. The maximum atomic E-state index is 13.7. The number of hydroxylamine groups is 2. The third kappa shape index (κ3) is 9.44. The zero-order chi connectivity index (χ0) is 31.7. The minimum atomic E-state index is -4.28. The van der Waals surface area contributed by atoms with Gasteiger partial charge in [-0.05, 0) is 13.5 Å². The van der Waals surface area contributed by atoms with Crippen LogP contribution >= 0.6 is 7.60 Å². The second-order valence-corrected chi connectivity index (χ2v) is 12.6. The van der Waals surface area contributed by atoms with Gasteiger partial charge in [0.2, 0.25) is 5.91 Å². The molecule has 3 N–H and O–H groups in total. The van der Waals surface area contributed by atoms with Gasteiger partial charge in [0.05, 0.1) is 25.9 Å². The SMILES string of the molecule is CCCCOP(=O)(O)C[C@H](NC(=O)c1cc(N2CCN(C)CC2)nc(-c2ccccc2)n1)C(=O)N1CCN(OC(=O)O)CC1. The van der Waals surface area contributed by atoms with Gasteiger partial charge in [-0.2, -0.15) is 0 Å². The predicted octanol–water partition coefficient (Wildman–Crippen LogP) is 1.75. The maximum Gasteiger partial charge on any atom is 0.525 e. The van der Waals surface area contributed by atoms with E-state index in [0.29, 0.717) is 36.7 Å². The van der Waals surface area contributed by atoms with E-state index in [1.165, 1.54) is 9.96 Å². The molecule has 2 atom stereocenters. The normalized spacial score (nSPS) is 18.3. The average molecular weight is 634 g/mol. The van der Waals surface area contributed by atoms with E-state index in [2.05, 4.69) is 24.9 Å². The summed E-state index contributed by atoms with van der Waals surface area (Å²) < 4.78 is 18.2. The van der Waals surface area contributed by atoms with Crippen molar-refractivity contribution in [2.45, 2.75) is 25.8 Å². The smallest absolute Gasteiger partial charge is 0.448 e. The van der Waals surface area contributed by atoms with E-state index >= 15 is 0 Å². The van der Waals surface area contributed by atoms with Crippen LogP contribution in [0.25, 0.3) is 11.4 Å². The van der Waals surface area contributed by atoms with Crippen molar-refractivity contribution < 1.29 is 38.3 Å². The molecule has 2 aliphatic heterocycles. The van der Waals surface area contributed by atoms with E-state index in [-0.39, 0.29) is 38.5 Å². The molecule has 2 fully saturated rings. The van der Waals surface area contributed by atoms with Crippen molar-refractivity contribution in [1.29, 1.82) is 0 Å². The highest BCUT2D eigenvalue weighted by atomic mass is 31.2. The Hall–Kier alpha value is -3.62. The topological polar surface area (TPSA) is 178 Å². The lowest BCUT2D eigenvalue weighted by molar-refractivity contribution is -0.154. The zero-order valence-corrected chi connectivity index (χ0v) is 25.9. The molecular formula is C28H40N7O8P. The minimum absolute atomic E-state index is 0.00457. The lowest BCUT2D eigenvalue weighted by atomic mass is 10.2. The molecule has 2 aliphatic rings. The summed E-state index contributed by atoms with van der Waals surface area (Å²) in [4.78, 5) is 68.4. The van der Waals surface area contributed by atoms with Gasteiger partial charge in [-0.1, -0.05) is 43.7 Å². The summed E-state index contributed by atoms with van der Waals surface area (Å²) in [5.74, 6) is -0.413. The molecule has 2 saturated heterocycles. The van der Waals surface area contributed by atoms with Crippen LogP contribution < -0.4 is 10.2 Å². The van der Waals surface area contributed by atoms with Crippen LogP contribution in [0.4, 0.5) is 10.6 Å². The number of aromatic nitrogens is 2. The van der Waals surface area contributed by atoms with E-state index in [4.69, 9.17) is 14.6 Å². The largest absolute Gasteiger partial charge is 0.525 e. The first-order valence-electron chi connectivity index (χ1n) is 14.6. The summed E-state index contributed by atoms with van der Waals surface area (Å²) in [5.41, 5.74) is 0.709. The molecule has 0 bridgehead atoms. The van der Waals surface area contributed by atoms with Crippen LogP contribution in [-0.4, -0.2) is 131 Å². The van der Waals surface area contributed by atoms with E-state index in [1.807, 2.05) is 44.3 Å². The van der Waals surface area contributed by atoms with Gasteiger partial charge in [0.15, 0.2) is 5.82 Å². The van der Waals surface area contributed by atoms with E-state index in [0.717, 1.165) is 19.5 Å². The van der Waals surface area contributed by atoms with Gasteiger partial charge in [-0.15, -0.1) is 5.06 Å². The molecule has 0 saturated carbocycles. The summed E-state index contributed by atoms with van der Waals surface area (Å²) in [6, 6.07) is 9.37. The number of benzene rings is 1. The van der Waals surface area contributed by atoms with Crippen molar-refractivity contribution in [2.75, 3.05) is 77.1 Å². The Morgan fingerprint density at radius 2 is 1.70 bits per heavy atom. The first kappa shape index (κ1) is 33.3. The fourth-order valence-electron chi connectivity index (χ4n) is 4.85. The van der Waals surface area contributed by atoms with Gasteiger partial charge in [0.1, 0.15) is 17.6 Å². The van der Waals surface area contributed by atoms with Crippen LogP contribution in [0.5, 0.6) is 0 Å². The first-order valence-corrected chi connectivity index (χ1v) is 16.4. The van der Waals surface area contributed by atoms with Crippen LogP contribution in [0.3, 0.4) is 0 Å². The highest BCUT2D eigenvalue weighted by Gasteiger charge is 2.36. The van der Waals surface area contributed by atoms with Crippen molar-refractivity contribution in [3.8, 4) is 11.4 Å². The van der Waals surface area contributed by atoms with Crippen molar-refractivity contribution >= 4 is 31.4 Å². The van der Waals surface area contributed by atoms with Crippen molar-refractivity contribution in [3.63, 3.8) is 0 Å². The third-order valence-corrected chi connectivity index (χ3v) is 8.78. The molecule has 4 rings (SSSR count). The summed E-state index contributed by atoms with van der Waals surface area (Å²) in [6.45, 7) is 5.35. The molecule has 2 amide bonds. The fraction of sp³-hybridized carbons (Fsp3) is 0.536. The summed E-state index contributed by atoms with van der Waals surface area (Å²) in [7, 11) is -2.24. The van der Waals surface area contributed by atoms with Crippen LogP contribution in [0.2, 0.25) is 0 Å². The van der Waals surface area contributed by atoms with Gasteiger partial charge in [-0.3, -0.25) is 14.2 Å². The molecule has 16 heteroatoms. The Kier molecular flexibility index (Phi) is 11.6. The number of nitrogens with one attached hydrogen (secondary N) is 1. The number of hydrogen-bond donors (Lipinski definition) is 3. The second kappa shape index (κ2) is 15.4. The van der Waals surface area contributed by atoms with Crippen molar-refractivity contribution in [3.05, 3.63) is 42.1 Å². The molecule has 44 heavy (non-hydrogen) atoms. The maximum absolute atomic E-state index is 13.7. The van der Waals surface area contributed by atoms with Gasteiger partial charge < -0.3 is 39.4 Å². The van der Waals surface area contributed by atoms with Crippen LogP contribution in [0.1, 0.15) is 30.3 Å². The highest BCUT2D eigenvalue weighted by Crippen LogP contribution is 2.43. The number of nitrogens with zero attached hydrogens (tertiary/aromatic N) is 6. The summed E-state index contributed by atoms with van der Waals surface area (Å²) >= 11 is 0. The van der Waals surface area contributed by atoms with Crippen molar-refractivity contribution in [1.82, 2.24) is 30.1 Å². The Bertz CT molecular complexity index is 1330. The molecule has 15 nitrogen and oxygen atoms in total. The van der Waals surface area contributed by atoms with Crippen molar-refractivity contribution in [2.24, 2.45) is 0 Å². The molecule has 0 spiro atoms. The van der Waals surface area contributed by atoms with Crippen LogP contribution in [-0.2, 0) is 18.7 Å². The lowest BCUT2D eigenvalue weighted by Gasteiger charge is -2.35. The van der Waals surface area contributed by atoms with Gasteiger partial charge in [-0.25, -0.2) is 14.8 Å². The minimum Gasteiger partial charge on any atom is -0.448 e. The quantitative estimate of drug-likeness (QED) is 0.228. The van der Waals surface area contributed by atoms with E-state index in [1.54, 1.807) is 6.07 Å². The molecule has 1 aromatic carbocycles. The third-order valence-electron chi connectivity index (χ3n) is 7.37. The second-order valence-electron chi connectivity index (χ2n) is 10.7. The number of unbranched alkanes of at least 4 members (excludes halogenated alkanes) is 1. The zero-order valence-electron chi connectivity index (χ0n) is 25.0. The van der Waals surface area contributed by atoms with Gasteiger partial charge in [0.25, 0.3) is 5.91 Å². The number of carbonyl (C=O) groups excluding carboxylic acids is 2. The number of hydrogen-bond acceptors (Lipinski definition) is 11. The number of amides is 2. The number of rotatable bonds is 12. The molecule has 0 aliphatic carbocycles. The lowest BCUT2D eigenvalue weighted by Crippen LogP contribution is -2.56. The monoisotopic (exact) mass is 633 g/mol. The number of piperazine rings is 2. The molecule has 1 aromatic heterocycles. The van der Waals surface area contributed by atoms with E-state index < -0.39 is 37.8 Å². The van der Waals surface area contributed by atoms with Gasteiger partial charge in [0, 0.05) is 50.9 Å². The highest BCUT2D eigenvalue weighted by molar-refractivity contribution is 7.52. The summed E-state index contributed by atoms with van der Waals surface area (Å²) in [6.07, 6.45) is -0.806. The number of carbonyl (C=O) groups is 3. The first-order chi connectivity index (χ1) is 21.0. The molecule has 240 valence electrons. The number of carboxylic acid groups (broad SMARTS) is 1. The van der Waals surface area contributed by atoms with Gasteiger partial charge >= 0.3 is 13.8 Å². The molecule has 0 radical (unpaired) electrons. The fourth-order valence-corrected chi connectivity index (χ4v) is 6.08. The van der Waals surface area contributed by atoms with Crippen LogP contribution in [0, 0.1) is 0 Å². The average Bonchev–Trinajstić information content (AvgIpc) is 3.01. The number of anilines is 1. The Morgan fingerprint density at radius 1 is 1.02 bits per heavy atom. The van der Waals surface area contributed by atoms with Crippen LogP contribution in [0.15, 0.2) is 36.4 Å². The molecule has 3 heterocycles.